The number of rotatable bonds is 10. The van der Waals surface area contributed by atoms with Crippen LogP contribution in [0.5, 0.6) is 0 Å². The molecule has 7 nitrogen and oxygen atoms in total. The summed E-state index contributed by atoms with van der Waals surface area (Å²) in [5, 5.41) is 24.7. The van der Waals surface area contributed by atoms with Crippen molar-refractivity contribution in [2.45, 2.75) is 56.8 Å². The van der Waals surface area contributed by atoms with Gasteiger partial charge in [0.25, 0.3) is 0 Å². The molecule has 1 saturated carbocycles. The van der Waals surface area contributed by atoms with Gasteiger partial charge in [-0.05, 0) is 25.3 Å². The van der Waals surface area contributed by atoms with Gasteiger partial charge in [-0.2, -0.15) is 0 Å². The predicted molar refractivity (Wildman–Crippen MR) is 96.9 cm³/mol. The summed E-state index contributed by atoms with van der Waals surface area (Å²) in [6.45, 7) is 2.67. The van der Waals surface area contributed by atoms with Gasteiger partial charge in [-0.15, -0.1) is 0 Å². The van der Waals surface area contributed by atoms with Crippen molar-refractivity contribution in [3.05, 3.63) is 35.9 Å². The van der Waals surface area contributed by atoms with Crippen molar-refractivity contribution >= 4 is 12.0 Å². The number of benzene rings is 1. The lowest BCUT2D eigenvalue weighted by Gasteiger charge is -2.43. The van der Waals surface area contributed by atoms with Crippen molar-refractivity contribution in [1.82, 2.24) is 10.6 Å². The highest BCUT2D eigenvalue weighted by molar-refractivity contribution is 5.74. The number of aliphatic hydroxyl groups is 1. The molecule has 1 atom stereocenters. The van der Waals surface area contributed by atoms with E-state index in [1.165, 1.54) is 0 Å². The van der Waals surface area contributed by atoms with Crippen LogP contribution < -0.4 is 10.6 Å². The number of aliphatic carboxylic acids is 1. The first-order valence-corrected chi connectivity index (χ1v) is 9.04. The van der Waals surface area contributed by atoms with Crippen LogP contribution in [0.25, 0.3) is 0 Å². The van der Waals surface area contributed by atoms with Crippen LogP contribution >= 0.6 is 0 Å². The average Bonchev–Trinajstić information content (AvgIpc) is 2.58. The molecule has 144 valence electrons. The molecule has 1 aliphatic rings. The summed E-state index contributed by atoms with van der Waals surface area (Å²) in [5.74, 6) is -0.893. The van der Waals surface area contributed by atoms with E-state index in [4.69, 9.17) is 9.84 Å². The maximum atomic E-state index is 12.2. The van der Waals surface area contributed by atoms with E-state index in [1.807, 2.05) is 37.3 Å². The molecule has 7 heteroatoms. The molecule has 26 heavy (non-hydrogen) atoms. The van der Waals surface area contributed by atoms with Crippen molar-refractivity contribution < 1.29 is 24.5 Å². The van der Waals surface area contributed by atoms with Crippen molar-refractivity contribution in [2.75, 3.05) is 13.2 Å². The van der Waals surface area contributed by atoms with Gasteiger partial charge in [0.15, 0.2) is 0 Å². The largest absolute Gasteiger partial charge is 0.481 e. The zero-order valence-corrected chi connectivity index (χ0v) is 15.1. The Morgan fingerprint density at radius 1 is 1.31 bits per heavy atom. The topological polar surface area (TPSA) is 108 Å². The number of urea groups is 1. The molecule has 2 rings (SSSR count). The van der Waals surface area contributed by atoms with Crippen LogP contribution in [0, 0.1) is 0 Å². The molecular formula is C19H28N2O5. The first-order chi connectivity index (χ1) is 12.4. The summed E-state index contributed by atoms with van der Waals surface area (Å²) in [4.78, 5) is 23.0. The Hall–Kier alpha value is -2.12. The van der Waals surface area contributed by atoms with Crippen molar-refractivity contribution in [2.24, 2.45) is 0 Å². The van der Waals surface area contributed by atoms with Gasteiger partial charge >= 0.3 is 12.0 Å². The van der Waals surface area contributed by atoms with E-state index in [1.54, 1.807) is 0 Å². The third-order valence-corrected chi connectivity index (χ3v) is 4.56. The van der Waals surface area contributed by atoms with Gasteiger partial charge in [0.1, 0.15) is 0 Å². The Labute approximate surface area is 153 Å². The van der Waals surface area contributed by atoms with Crippen LogP contribution in [-0.4, -0.2) is 53.1 Å². The van der Waals surface area contributed by atoms with Gasteiger partial charge in [0, 0.05) is 38.5 Å². The number of carbonyl (C=O) groups excluding carboxylic acids is 1. The predicted octanol–water partition coefficient (Wildman–Crippen LogP) is 1.69. The number of amides is 2. The fourth-order valence-electron chi connectivity index (χ4n) is 3.19. The van der Waals surface area contributed by atoms with Gasteiger partial charge in [-0.3, -0.25) is 4.79 Å². The quantitative estimate of drug-likeness (QED) is 0.505. The molecule has 0 spiro atoms. The highest BCUT2D eigenvalue weighted by Gasteiger charge is 2.43. The van der Waals surface area contributed by atoms with E-state index >= 15 is 0 Å². The highest BCUT2D eigenvalue weighted by Crippen LogP contribution is 2.33. The van der Waals surface area contributed by atoms with Crippen LogP contribution in [0.15, 0.2) is 30.3 Å². The fraction of sp³-hybridized carbons (Fsp3) is 0.579. The lowest BCUT2D eigenvalue weighted by molar-refractivity contribution is -0.137. The Morgan fingerprint density at radius 2 is 2.00 bits per heavy atom. The Balaban J connectivity index is 1.80. The van der Waals surface area contributed by atoms with E-state index in [0.717, 1.165) is 5.56 Å². The van der Waals surface area contributed by atoms with Crippen LogP contribution in [0.4, 0.5) is 4.79 Å². The molecule has 1 fully saturated rings. The van der Waals surface area contributed by atoms with Gasteiger partial charge in [0.05, 0.1) is 11.7 Å². The molecule has 0 heterocycles. The minimum Gasteiger partial charge on any atom is -0.481 e. The average molecular weight is 364 g/mol. The first kappa shape index (κ1) is 20.2. The van der Waals surface area contributed by atoms with Gasteiger partial charge in [-0.25, -0.2) is 4.79 Å². The van der Waals surface area contributed by atoms with Gasteiger partial charge < -0.3 is 25.6 Å². The standard InChI is InChI=1S/C19H28N2O5/c1-2-26-16-11-19(25,12-16)13-20-18(24)21-15(8-9-17(22)23)10-14-6-4-3-5-7-14/h3-7,15-16,25H,2,8-13H2,1H3,(H,22,23)(H2,20,21,24). The number of ether oxygens (including phenoxy) is 1. The number of carboxylic acids is 1. The molecule has 0 saturated heterocycles. The number of hydrogen-bond acceptors (Lipinski definition) is 4. The summed E-state index contributed by atoms with van der Waals surface area (Å²) in [6, 6.07) is 8.92. The second-order valence-corrected chi connectivity index (χ2v) is 6.86. The smallest absolute Gasteiger partial charge is 0.315 e. The van der Waals surface area contributed by atoms with Crippen LogP contribution in [0.1, 0.15) is 38.2 Å². The number of carboxylic acid groups (broad SMARTS) is 1. The van der Waals surface area contributed by atoms with Crippen molar-refractivity contribution in [3.63, 3.8) is 0 Å². The number of hydrogen-bond donors (Lipinski definition) is 4. The van der Waals surface area contributed by atoms with E-state index in [0.29, 0.717) is 32.3 Å². The fourth-order valence-corrected chi connectivity index (χ4v) is 3.19. The molecular weight excluding hydrogens is 336 g/mol. The van der Waals surface area contributed by atoms with Crippen molar-refractivity contribution in [3.8, 4) is 0 Å². The van der Waals surface area contributed by atoms with Crippen molar-refractivity contribution in [1.29, 1.82) is 0 Å². The number of nitrogens with one attached hydrogen (secondary N) is 2. The van der Waals surface area contributed by atoms with E-state index in [2.05, 4.69) is 10.6 Å². The summed E-state index contributed by atoms with van der Waals surface area (Å²) in [6.07, 6.45) is 1.95. The Kier molecular flexibility index (Phi) is 7.41. The lowest BCUT2D eigenvalue weighted by Crippen LogP contribution is -2.57. The van der Waals surface area contributed by atoms with E-state index in [9.17, 15) is 14.7 Å². The second-order valence-electron chi connectivity index (χ2n) is 6.86. The van der Waals surface area contributed by atoms with E-state index < -0.39 is 17.6 Å². The molecule has 2 amide bonds. The van der Waals surface area contributed by atoms with Crippen LogP contribution in [0.2, 0.25) is 0 Å². The minimum atomic E-state index is -0.923. The summed E-state index contributed by atoms with van der Waals surface area (Å²) >= 11 is 0. The SMILES string of the molecule is CCOC1CC(O)(CNC(=O)NC(CCC(=O)O)Cc2ccccc2)C1. The lowest BCUT2D eigenvalue weighted by atomic mass is 9.77. The molecule has 1 unspecified atom stereocenters. The zero-order chi connectivity index (χ0) is 19.0. The molecule has 0 aromatic heterocycles. The summed E-state index contributed by atoms with van der Waals surface area (Å²) in [5.41, 5.74) is 0.105. The molecule has 4 N–H and O–H groups in total. The Bertz CT molecular complexity index is 587. The third-order valence-electron chi connectivity index (χ3n) is 4.56. The van der Waals surface area contributed by atoms with Gasteiger partial charge in [-0.1, -0.05) is 30.3 Å². The second kappa shape index (κ2) is 9.54. The van der Waals surface area contributed by atoms with Crippen LogP contribution in [0.3, 0.4) is 0 Å². The third kappa shape index (κ3) is 6.65. The molecule has 1 aromatic carbocycles. The summed E-state index contributed by atoms with van der Waals surface area (Å²) < 4.78 is 5.42. The highest BCUT2D eigenvalue weighted by atomic mass is 16.5. The maximum Gasteiger partial charge on any atom is 0.315 e. The minimum absolute atomic E-state index is 0.0161. The van der Waals surface area contributed by atoms with E-state index in [-0.39, 0.29) is 25.1 Å². The Morgan fingerprint density at radius 3 is 2.62 bits per heavy atom. The number of carbonyl (C=O) groups is 2. The molecule has 0 aliphatic heterocycles. The zero-order valence-electron chi connectivity index (χ0n) is 15.1. The molecule has 0 radical (unpaired) electrons. The molecule has 1 aliphatic carbocycles. The normalized spacial score (nSPS) is 22.9. The van der Waals surface area contributed by atoms with Crippen LogP contribution in [-0.2, 0) is 16.0 Å². The maximum absolute atomic E-state index is 12.2. The van der Waals surface area contributed by atoms with Gasteiger partial charge in [0.2, 0.25) is 0 Å². The first-order valence-electron chi connectivity index (χ1n) is 9.04. The molecule has 0 bridgehead atoms. The summed E-state index contributed by atoms with van der Waals surface area (Å²) in [7, 11) is 0. The molecule has 1 aromatic rings. The monoisotopic (exact) mass is 364 g/mol.